The molecule has 16 heavy (non-hydrogen) atoms. The number of carboxylic acid groups (broad SMARTS) is 1. The van der Waals surface area contributed by atoms with E-state index in [1.807, 2.05) is 0 Å². The Morgan fingerprint density at radius 3 is 2.56 bits per heavy atom. The van der Waals surface area contributed by atoms with Gasteiger partial charge in [-0.2, -0.15) is 0 Å². The van der Waals surface area contributed by atoms with Gasteiger partial charge in [0, 0.05) is 11.0 Å². The van der Waals surface area contributed by atoms with Crippen LogP contribution in [0.25, 0.3) is 0 Å². The maximum atomic E-state index is 13.1. The van der Waals surface area contributed by atoms with Gasteiger partial charge in [0.15, 0.2) is 0 Å². The third-order valence-electron chi connectivity index (χ3n) is 2.59. The highest BCUT2D eigenvalue weighted by Crippen LogP contribution is 2.28. The van der Waals surface area contributed by atoms with Gasteiger partial charge in [-0.15, -0.1) is 0 Å². The van der Waals surface area contributed by atoms with Crippen LogP contribution < -0.4 is 0 Å². The summed E-state index contributed by atoms with van der Waals surface area (Å²) in [6.07, 6.45) is -0.0382. The maximum Gasteiger partial charge on any atom is 0.304 e. The highest BCUT2D eigenvalue weighted by molar-refractivity contribution is 5.68. The number of aliphatic hydroxyl groups is 1. The molecule has 0 atom stereocenters. The minimum absolute atomic E-state index is 0.0382. The zero-order valence-corrected chi connectivity index (χ0v) is 9.33. The second-order valence-corrected chi connectivity index (χ2v) is 4.42. The molecular weight excluding hydrogens is 211 g/mol. The van der Waals surface area contributed by atoms with Gasteiger partial charge in [-0.25, -0.2) is 4.39 Å². The van der Waals surface area contributed by atoms with E-state index in [1.54, 1.807) is 19.9 Å². The van der Waals surface area contributed by atoms with E-state index >= 15 is 0 Å². The fourth-order valence-corrected chi connectivity index (χ4v) is 1.60. The third kappa shape index (κ3) is 2.79. The number of halogens is 1. The van der Waals surface area contributed by atoms with E-state index in [2.05, 4.69) is 0 Å². The molecule has 4 heteroatoms. The number of benzene rings is 1. The maximum absolute atomic E-state index is 13.1. The second-order valence-electron chi connectivity index (χ2n) is 4.42. The molecule has 0 unspecified atom stereocenters. The first-order valence-electron chi connectivity index (χ1n) is 4.98. The fourth-order valence-electron chi connectivity index (χ4n) is 1.60. The number of aliphatic hydroxyl groups excluding tert-OH is 1. The Morgan fingerprint density at radius 2 is 2.06 bits per heavy atom. The monoisotopic (exact) mass is 226 g/mol. The van der Waals surface area contributed by atoms with E-state index in [4.69, 9.17) is 10.2 Å². The van der Waals surface area contributed by atoms with E-state index in [1.165, 1.54) is 12.1 Å². The molecule has 3 nitrogen and oxygen atoms in total. The van der Waals surface area contributed by atoms with Crippen LogP contribution in [-0.4, -0.2) is 16.2 Å². The molecule has 1 aromatic rings. The van der Waals surface area contributed by atoms with Crippen molar-refractivity contribution in [3.8, 4) is 0 Å². The van der Waals surface area contributed by atoms with Gasteiger partial charge in [0.2, 0.25) is 0 Å². The van der Waals surface area contributed by atoms with Gasteiger partial charge < -0.3 is 10.2 Å². The van der Waals surface area contributed by atoms with Crippen LogP contribution in [0.3, 0.4) is 0 Å². The van der Waals surface area contributed by atoms with Crippen LogP contribution in [0.1, 0.15) is 31.4 Å². The second kappa shape index (κ2) is 4.61. The summed E-state index contributed by atoms with van der Waals surface area (Å²) >= 11 is 0. The van der Waals surface area contributed by atoms with Gasteiger partial charge >= 0.3 is 5.97 Å². The standard InChI is InChI=1S/C12H15FO3/c1-12(2,6-11(15)16)9-3-4-10(13)8(5-9)7-14/h3-5,14H,6-7H2,1-2H3,(H,15,16). The van der Waals surface area contributed by atoms with E-state index < -0.39 is 17.2 Å². The van der Waals surface area contributed by atoms with Gasteiger partial charge in [-0.1, -0.05) is 26.0 Å². The Bertz CT molecular complexity index is 399. The molecule has 0 aliphatic rings. The zero-order valence-electron chi connectivity index (χ0n) is 9.33. The molecule has 0 heterocycles. The van der Waals surface area contributed by atoms with Crippen LogP contribution in [0.4, 0.5) is 4.39 Å². The predicted octanol–water partition coefficient (Wildman–Crippen LogP) is 2.07. The van der Waals surface area contributed by atoms with Crippen LogP contribution in [-0.2, 0) is 16.8 Å². The summed E-state index contributed by atoms with van der Waals surface area (Å²) in [5.74, 6) is -1.38. The first-order chi connectivity index (χ1) is 7.36. The third-order valence-corrected chi connectivity index (χ3v) is 2.59. The molecule has 0 aliphatic heterocycles. The van der Waals surface area contributed by atoms with Crippen molar-refractivity contribution >= 4 is 5.97 Å². The minimum Gasteiger partial charge on any atom is -0.481 e. The smallest absolute Gasteiger partial charge is 0.304 e. The van der Waals surface area contributed by atoms with Crippen molar-refractivity contribution in [3.63, 3.8) is 0 Å². The molecule has 0 radical (unpaired) electrons. The Morgan fingerprint density at radius 1 is 1.44 bits per heavy atom. The number of hydrogen-bond acceptors (Lipinski definition) is 2. The van der Waals surface area contributed by atoms with Gasteiger partial charge in [-0.3, -0.25) is 4.79 Å². The zero-order chi connectivity index (χ0) is 12.3. The van der Waals surface area contributed by atoms with Crippen LogP contribution in [0.5, 0.6) is 0 Å². The SMILES string of the molecule is CC(C)(CC(=O)O)c1ccc(F)c(CO)c1. The van der Waals surface area contributed by atoms with Gasteiger partial charge in [-0.05, 0) is 11.6 Å². The summed E-state index contributed by atoms with van der Waals surface area (Å²) in [7, 11) is 0. The average Bonchev–Trinajstić information content (AvgIpc) is 2.16. The normalized spacial score (nSPS) is 11.5. The molecular formula is C12H15FO3. The highest BCUT2D eigenvalue weighted by Gasteiger charge is 2.24. The lowest BCUT2D eigenvalue weighted by molar-refractivity contribution is -0.138. The Labute approximate surface area is 93.5 Å². The summed E-state index contributed by atoms with van der Waals surface area (Å²) in [4.78, 5) is 10.7. The van der Waals surface area contributed by atoms with Crippen LogP contribution in [0.2, 0.25) is 0 Å². The van der Waals surface area contributed by atoms with Crippen molar-refractivity contribution in [2.45, 2.75) is 32.3 Å². The number of aliphatic carboxylic acids is 1. The summed E-state index contributed by atoms with van der Waals surface area (Å²) in [6.45, 7) is 3.16. The summed E-state index contributed by atoms with van der Waals surface area (Å²) in [5, 5.41) is 17.7. The molecule has 0 aliphatic carbocycles. The Kier molecular flexibility index (Phi) is 3.65. The van der Waals surface area contributed by atoms with Crippen LogP contribution in [0, 0.1) is 5.82 Å². The Hall–Kier alpha value is -1.42. The summed E-state index contributed by atoms with van der Waals surface area (Å²) in [6, 6.07) is 4.32. The molecule has 2 N–H and O–H groups in total. The van der Waals surface area contributed by atoms with Crippen molar-refractivity contribution in [2.24, 2.45) is 0 Å². The number of hydrogen-bond donors (Lipinski definition) is 2. The van der Waals surface area contributed by atoms with Gasteiger partial charge in [0.25, 0.3) is 0 Å². The lowest BCUT2D eigenvalue weighted by atomic mass is 9.81. The molecule has 0 bridgehead atoms. The molecule has 88 valence electrons. The van der Waals surface area contributed by atoms with Crippen molar-refractivity contribution in [1.82, 2.24) is 0 Å². The highest BCUT2D eigenvalue weighted by atomic mass is 19.1. The van der Waals surface area contributed by atoms with E-state index in [0.29, 0.717) is 5.56 Å². The molecule has 0 aromatic heterocycles. The van der Waals surface area contributed by atoms with Crippen molar-refractivity contribution in [3.05, 3.63) is 35.1 Å². The minimum atomic E-state index is -0.903. The Balaban J connectivity index is 3.08. The quantitative estimate of drug-likeness (QED) is 0.826. The molecule has 0 amide bonds. The molecule has 1 aromatic carbocycles. The first kappa shape index (κ1) is 12.6. The van der Waals surface area contributed by atoms with Crippen molar-refractivity contribution in [2.75, 3.05) is 0 Å². The van der Waals surface area contributed by atoms with E-state index in [9.17, 15) is 9.18 Å². The average molecular weight is 226 g/mol. The first-order valence-corrected chi connectivity index (χ1v) is 4.98. The number of rotatable bonds is 4. The van der Waals surface area contributed by atoms with Gasteiger partial charge in [0.05, 0.1) is 13.0 Å². The molecule has 0 saturated carbocycles. The van der Waals surface area contributed by atoms with Gasteiger partial charge in [0.1, 0.15) is 5.82 Å². The number of carbonyl (C=O) groups is 1. The summed E-state index contributed by atoms with van der Waals surface area (Å²) in [5.41, 5.74) is 0.319. The molecule has 0 spiro atoms. The molecule has 0 fully saturated rings. The van der Waals surface area contributed by atoms with Crippen LogP contribution in [0.15, 0.2) is 18.2 Å². The van der Waals surface area contributed by atoms with Crippen molar-refractivity contribution < 1.29 is 19.4 Å². The lowest BCUT2D eigenvalue weighted by Crippen LogP contribution is -2.22. The molecule has 0 saturated heterocycles. The van der Waals surface area contributed by atoms with Crippen LogP contribution >= 0.6 is 0 Å². The topological polar surface area (TPSA) is 57.5 Å². The predicted molar refractivity (Wildman–Crippen MR) is 57.6 cm³/mol. The number of carboxylic acids is 1. The lowest BCUT2D eigenvalue weighted by Gasteiger charge is -2.23. The fraction of sp³-hybridized carbons (Fsp3) is 0.417. The largest absolute Gasteiger partial charge is 0.481 e. The van der Waals surface area contributed by atoms with E-state index in [0.717, 1.165) is 0 Å². The molecule has 1 rings (SSSR count). The van der Waals surface area contributed by atoms with E-state index in [-0.39, 0.29) is 18.6 Å². The van der Waals surface area contributed by atoms with Crippen molar-refractivity contribution in [1.29, 1.82) is 0 Å². The summed E-state index contributed by atoms with van der Waals surface area (Å²) < 4.78 is 13.1.